The van der Waals surface area contributed by atoms with Crippen LogP contribution in [0.2, 0.25) is 0 Å². The van der Waals surface area contributed by atoms with Gasteiger partial charge in [-0.15, -0.1) is 0 Å². The molecule has 3 N–H and O–H groups in total. The summed E-state index contributed by atoms with van der Waals surface area (Å²) in [6.07, 6.45) is 3.36. The van der Waals surface area contributed by atoms with E-state index >= 15 is 0 Å². The zero-order valence-corrected chi connectivity index (χ0v) is 25.7. The van der Waals surface area contributed by atoms with E-state index in [0.717, 1.165) is 4.90 Å². The number of esters is 1. The van der Waals surface area contributed by atoms with Gasteiger partial charge in [0.2, 0.25) is 11.8 Å². The van der Waals surface area contributed by atoms with Gasteiger partial charge in [-0.1, -0.05) is 6.92 Å². The molecule has 1 aliphatic rings. The number of ketones is 1. The molecule has 0 spiro atoms. The SMILES string of the molecule is CCC(COC(=O)CCCC(=O)NCCNC(=O)CCOCCOCCCC(=O)CCN1C(=O)C=CC1=O)OC(CO)OC. The number of ether oxygens (including phenoxy) is 5. The smallest absolute Gasteiger partial charge is 0.305 e. The van der Waals surface area contributed by atoms with E-state index in [4.69, 9.17) is 28.8 Å². The molecular formula is C29H47N3O12. The van der Waals surface area contributed by atoms with Gasteiger partial charge in [-0.3, -0.25) is 33.7 Å². The number of nitrogens with zero attached hydrogens (tertiary/aromatic N) is 1. The van der Waals surface area contributed by atoms with Crippen LogP contribution in [0, 0.1) is 0 Å². The van der Waals surface area contributed by atoms with Crippen molar-refractivity contribution >= 4 is 35.4 Å². The Hall–Kier alpha value is -3.24. The molecule has 0 aromatic rings. The maximum Gasteiger partial charge on any atom is 0.305 e. The number of nitrogens with one attached hydrogen (secondary N) is 2. The van der Waals surface area contributed by atoms with Crippen LogP contribution in [0.4, 0.5) is 0 Å². The Bertz CT molecular complexity index is 921. The number of imide groups is 1. The highest BCUT2D eigenvalue weighted by Gasteiger charge is 2.23. The molecule has 2 atom stereocenters. The van der Waals surface area contributed by atoms with Crippen LogP contribution in [-0.4, -0.2) is 124 Å². The second-order valence-electron chi connectivity index (χ2n) is 9.78. The summed E-state index contributed by atoms with van der Waals surface area (Å²) in [5, 5.41) is 14.5. The summed E-state index contributed by atoms with van der Waals surface area (Å²) in [4.78, 5) is 71.5. The number of rotatable bonds is 27. The van der Waals surface area contributed by atoms with E-state index in [-0.39, 0.29) is 82.7 Å². The van der Waals surface area contributed by atoms with Crippen molar-refractivity contribution in [1.29, 1.82) is 0 Å². The number of hydrogen-bond acceptors (Lipinski definition) is 12. The normalized spacial score (nSPS) is 14.0. The third-order valence-corrected chi connectivity index (χ3v) is 6.30. The van der Waals surface area contributed by atoms with E-state index < -0.39 is 30.2 Å². The molecule has 0 saturated carbocycles. The largest absolute Gasteiger partial charge is 0.463 e. The zero-order valence-electron chi connectivity index (χ0n) is 25.7. The highest BCUT2D eigenvalue weighted by atomic mass is 16.7. The predicted octanol–water partition coefficient (Wildman–Crippen LogP) is -0.220. The predicted molar refractivity (Wildman–Crippen MR) is 155 cm³/mol. The van der Waals surface area contributed by atoms with E-state index in [1.165, 1.54) is 19.3 Å². The molecule has 15 nitrogen and oxygen atoms in total. The topological polar surface area (TPSA) is 196 Å². The first-order valence-electron chi connectivity index (χ1n) is 14.9. The molecule has 1 heterocycles. The lowest BCUT2D eigenvalue weighted by Gasteiger charge is -2.21. The first-order valence-corrected chi connectivity index (χ1v) is 14.9. The molecule has 1 rings (SSSR count). The number of carbonyl (C=O) groups excluding carboxylic acids is 6. The van der Waals surface area contributed by atoms with Crippen LogP contribution in [0.1, 0.15) is 58.3 Å². The molecule has 0 fully saturated rings. The standard InChI is InChI=1S/C29H47N3O12/c1-3-23(44-29(20-33)40-2)21-43-28(39)8-4-7-24(35)30-13-14-31-25(36)12-17-42-19-18-41-16-5-6-22(34)11-15-32-26(37)9-10-27(32)38/h9-10,23,29,33H,3-8,11-21H2,1-2H3,(H,30,35)(H,31,36). The van der Waals surface area contributed by atoms with Crippen LogP contribution < -0.4 is 10.6 Å². The summed E-state index contributed by atoms with van der Waals surface area (Å²) in [5.41, 5.74) is 0. The van der Waals surface area contributed by atoms with Crippen molar-refractivity contribution in [3.8, 4) is 0 Å². The highest BCUT2D eigenvalue weighted by molar-refractivity contribution is 6.13. The zero-order chi connectivity index (χ0) is 32.6. The Kier molecular flexibility index (Phi) is 21.3. The molecule has 0 radical (unpaired) electrons. The Balaban J connectivity index is 1.92. The summed E-state index contributed by atoms with van der Waals surface area (Å²) in [7, 11) is 1.40. The number of Topliss-reactive ketones (excluding diaryl/α,β-unsaturated/α-hetero) is 1. The number of aliphatic hydroxyl groups excluding tert-OH is 1. The molecule has 44 heavy (non-hydrogen) atoms. The van der Waals surface area contributed by atoms with E-state index in [9.17, 15) is 28.8 Å². The van der Waals surface area contributed by atoms with Crippen molar-refractivity contribution in [2.75, 3.05) is 66.4 Å². The van der Waals surface area contributed by atoms with Crippen molar-refractivity contribution in [2.24, 2.45) is 0 Å². The van der Waals surface area contributed by atoms with Crippen molar-refractivity contribution in [2.45, 2.75) is 70.7 Å². The summed E-state index contributed by atoms with van der Waals surface area (Å²) < 4.78 is 26.3. The molecule has 0 saturated heterocycles. The first-order chi connectivity index (χ1) is 21.2. The Morgan fingerprint density at radius 3 is 2.09 bits per heavy atom. The number of hydrogen-bond donors (Lipinski definition) is 3. The van der Waals surface area contributed by atoms with Gasteiger partial charge in [0, 0.05) is 77.6 Å². The fourth-order valence-electron chi connectivity index (χ4n) is 3.74. The van der Waals surface area contributed by atoms with Crippen LogP contribution in [0.15, 0.2) is 12.2 Å². The number of carbonyl (C=O) groups is 6. The van der Waals surface area contributed by atoms with Crippen molar-refractivity contribution in [3.05, 3.63) is 12.2 Å². The lowest BCUT2D eigenvalue weighted by atomic mass is 10.1. The number of aliphatic hydroxyl groups is 1. The van der Waals surface area contributed by atoms with Crippen LogP contribution in [-0.2, 0) is 52.5 Å². The number of methoxy groups -OCH3 is 1. The first kappa shape index (κ1) is 38.8. The van der Waals surface area contributed by atoms with Gasteiger partial charge in [-0.2, -0.15) is 0 Å². The average Bonchev–Trinajstić information content (AvgIpc) is 3.33. The van der Waals surface area contributed by atoms with Gasteiger partial charge in [0.05, 0.1) is 32.5 Å². The second-order valence-corrected chi connectivity index (χ2v) is 9.78. The van der Waals surface area contributed by atoms with E-state index in [0.29, 0.717) is 45.5 Å². The quantitative estimate of drug-likeness (QED) is 0.0468. The molecule has 0 bridgehead atoms. The minimum absolute atomic E-state index is 0.0270. The molecule has 15 heteroatoms. The average molecular weight is 630 g/mol. The number of amides is 4. The molecule has 1 aliphatic heterocycles. The van der Waals surface area contributed by atoms with Gasteiger partial charge >= 0.3 is 5.97 Å². The molecule has 250 valence electrons. The fraction of sp³-hybridized carbons (Fsp3) is 0.724. The Labute approximate surface area is 257 Å². The summed E-state index contributed by atoms with van der Waals surface area (Å²) >= 11 is 0. The third-order valence-electron chi connectivity index (χ3n) is 6.30. The minimum Gasteiger partial charge on any atom is -0.463 e. The van der Waals surface area contributed by atoms with Gasteiger partial charge in [0.1, 0.15) is 12.4 Å². The summed E-state index contributed by atoms with van der Waals surface area (Å²) in [5.74, 6) is -1.76. The Morgan fingerprint density at radius 1 is 0.841 bits per heavy atom. The monoisotopic (exact) mass is 629 g/mol. The second kappa shape index (κ2) is 24.1. The van der Waals surface area contributed by atoms with Gasteiger partial charge in [-0.05, 0) is 19.3 Å². The molecular weight excluding hydrogens is 582 g/mol. The van der Waals surface area contributed by atoms with E-state index in [1.54, 1.807) is 0 Å². The van der Waals surface area contributed by atoms with Gasteiger partial charge in [0.25, 0.3) is 11.8 Å². The van der Waals surface area contributed by atoms with Crippen LogP contribution >= 0.6 is 0 Å². The molecule has 2 unspecified atom stereocenters. The van der Waals surface area contributed by atoms with Crippen molar-refractivity contribution in [3.63, 3.8) is 0 Å². The molecule has 0 aliphatic carbocycles. The van der Waals surface area contributed by atoms with Crippen LogP contribution in [0.25, 0.3) is 0 Å². The lowest BCUT2D eigenvalue weighted by molar-refractivity contribution is -0.188. The Morgan fingerprint density at radius 2 is 1.48 bits per heavy atom. The third kappa shape index (κ3) is 18.4. The van der Waals surface area contributed by atoms with Gasteiger partial charge in [0.15, 0.2) is 6.29 Å². The molecule has 0 aromatic heterocycles. The van der Waals surface area contributed by atoms with Gasteiger partial charge < -0.3 is 39.4 Å². The fourth-order valence-corrected chi connectivity index (χ4v) is 3.74. The van der Waals surface area contributed by atoms with Crippen LogP contribution in [0.3, 0.4) is 0 Å². The van der Waals surface area contributed by atoms with Crippen molar-refractivity contribution < 1.29 is 57.6 Å². The lowest BCUT2D eigenvalue weighted by Crippen LogP contribution is -2.35. The van der Waals surface area contributed by atoms with E-state index in [2.05, 4.69) is 10.6 Å². The maximum atomic E-state index is 11.9. The molecule has 4 amide bonds. The highest BCUT2D eigenvalue weighted by Crippen LogP contribution is 2.07. The van der Waals surface area contributed by atoms with Crippen LogP contribution in [0.5, 0.6) is 0 Å². The maximum absolute atomic E-state index is 11.9. The van der Waals surface area contributed by atoms with Gasteiger partial charge in [-0.25, -0.2) is 0 Å². The molecule has 0 aromatic carbocycles. The summed E-state index contributed by atoms with van der Waals surface area (Å²) in [6.45, 7) is 3.34. The van der Waals surface area contributed by atoms with Crippen molar-refractivity contribution in [1.82, 2.24) is 15.5 Å². The minimum atomic E-state index is -0.783. The van der Waals surface area contributed by atoms with E-state index in [1.807, 2.05) is 6.92 Å². The summed E-state index contributed by atoms with van der Waals surface area (Å²) in [6, 6.07) is 0.